The van der Waals surface area contributed by atoms with Gasteiger partial charge >= 0.3 is 0 Å². The lowest BCUT2D eigenvalue weighted by atomic mass is 9.96. The number of amides is 1. The molecule has 1 heterocycles. The zero-order valence-electron chi connectivity index (χ0n) is 12.5. The molecule has 0 saturated carbocycles. The molecule has 1 amide bonds. The predicted molar refractivity (Wildman–Crippen MR) is 80.4 cm³/mol. The molecule has 0 aromatic heterocycles. The summed E-state index contributed by atoms with van der Waals surface area (Å²) >= 11 is 0. The number of halogens is 1. The van der Waals surface area contributed by atoms with E-state index in [-0.39, 0.29) is 17.8 Å². The van der Waals surface area contributed by atoms with Crippen molar-refractivity contribution in [2.75, 3.05) is 4.90 Å². The summed E-state index contributed by atoms with van der Waals surface area (Å²) in [4.78, 5) is 14.3. The SMILES string of the molecule is CCCCCCC(=O)N1c2ccc(F)cc2CCC1C. The van der Waals surface area contributed by atoms with Gasteiger partial charge in [0.25, 0.3) is 0 Å². The van der Waals surface area contributed by atoms with Gasteiger partial charge in [0.05, 0.1) is 0 Å². The molecule has 2 rings (SSSR count). The summed E-state index contributed by atoms with van der Waals surface area (Å²) in [5.41, 5.74) is 1.87. The number of unbranched alkanes of at least 4 members (excludes halogenated alkanes) is 3. The molecule has 0 saturated heterocycles. The average molecular weight is 277 g/mol. The fraction of sp³-hybridized carbons (Fsp3) is 0.588. The van der Waals surface area contributed by atoms with Gasteiger partial charge in [-0.1, -0.05) is 26.2 Å². The second-order valence-electron chi connectivity index (χ2n) is 5.74. The maximum atomic E-state index is 13.3. The van der Waals surface area contributed by atoms with Crippen molar-refractivity contribution in [3.8, 4) is 0 Å². The summed E-state index contributed by atoms with van der Waals surface area (Å²) in [5.74, 6) is -0.0326. The standard InChI is InChI=1S/C17H24FNO/c1-3-4-5-6-7-17(20)19-13(2)8-9-14-12-15(18)10-11-16(14)19/h10-13H,3-9H2,1-2H3. The Morgan fingerprint density at radius 3 is 2.90 bits per heavy atom. The second kappa shape index (κ2) is 6.87. The molecule has 0 spiro atoms. The summed E-state index contributed by atoms with van der Waals surface area (Å²) in [6.07, 6.45) is 6.79. The molecule has 20 heavy (non-hydrogen) atoms. The highest BCUT2D eigenvalue weighted by atomic mass is 19.1. The Hall–Kier alpha value is -1.38. The van der Waals surface area contributed by atoms with Gasteiger partial charge in [-0.25, -0.2) is 4.39 Å². The number of hydrogen-bond acceptors (Lipinski definition) is 1. The van der Waals surface area contributed by atoms with E-state index in [2.05, 4.69) is 13.8 Å². The first-order valence-electron chi connectivity index (χ1n) is 7.74. The number of anilines is 1. The monoisotopic (exact) mass is 277 g/mol. The minimum absolute atomic E-state index is 0.182. The van der Waals surface area contributed by atoms with Gasteiger partial charge in [-0.2, -0.15) is 0 Å². The minimum Gasteiger partial charge on any atom is -0.309 e. The maximum Gasteiger partial charge on any atom is 0.227 e. The van der Waals surface area contributed by atoms with Crippen molar-refractivity contribution in [3.05, 3.63) is 29.6 Å². The minimum atomic E-state index is -0.214. The highest BCUT2D eigenvalue weighted by Crippen LogP contribution is 2.32. The molecule has 1 aromatic carbocycles. The first-order chi connectivity index (χ1) is 9.63. The number of rotatable bonds is 5. The van der Waals surface area contributed by atoms with Crippen LogP contribution in [-0.4, -0.2) is 11.9 Å². The molecular formula is C17H24FNO. The van der Waals surface area contributed by atoms with Gasteiger partial charge in [0.1, 0.15) is 5.82 Å². The first kappa shape index (κ1) is 15.0. The third-order valence-electron chi connectivity index (χ3n) is 4.09. The third-order valence-corrected chi connectivity index (χ3v) is 4.09. The Morgan fingerprint density at radius 2 is 2.15 bits per heavy atom. The van der Waals surface area contributed by atoms with Gasteiger partial charge in [0.2, 0.25) is 5.91 Å². The maximum absolute atomic E-state index is 13.3. The molecule has 1 unspecified atom stereocenters. The highest BCUT2D eigenvalue weighted by Gasteiger charge is 2.27. The topological polar surface area (TPSA) is 20.3 Å². The quantitative estimate of drug-likeness (QED) is 0.727. The van der Waals surface area contributed by atoms with E-state index in [1.165, 1.54) is 18.9 Å². The number of fused-ring (bicyclic) bond motifs is 1. The number of carbonyl (C=O) groups is 1. The van der Waals surface area contributed by atoms with Crippen LogP contribution in [0.1, 0.15) is 57.9 Å². The van der Waals surface area contributed by atoms with Crippen molar-refractivity contribution >= 4 is 11.6 Å². The van der Waals surface area contributed by atoms with Crippen LogP contribution in [0.3, 0.4) is 0 Å². The van der Waals surface area contributed by atoms with Crippen LogP contribution in [0.25, 0.3) is 0 Å². The molecule has 0 radical (unpaired) electrons. The number of hydrogen-bond donors (Lipinski definition) is 0. The lowest BCUT2D eigenvalue weighted by Crippen LogP contribution is -2.42. The van der Waals surface area contributed by atoms with Crippen molar-refractivity contribution in [2.45, 2.75) is 64.8 Å². The van der Waals surface area contributed by atoms with Crippen LogP contribution >= 0.6 is 0 Å². The van der Waals surface area contributed by atoms with Gasteiger partial charge in [-0.15, -0.1) is 0 Å². The van der Waals surface area contributed by atoms with E-state index in [0.29, 0.717) is 6.42 Å². The molecule has 0 aliphatic carbocycles. The molecule has 1 aliphatic heterocycles. The van der Waals surface area contributed by atoms with Crippen LogP contribution in [0.5, 0.6) is 0 Å². The van der Waals surface area contributed by atoms with Crippen molar-refractivity contribution in [1.29, 1.82) is 0 Å². The van der Waals surface area contributed by atoms with Crippen LogP contribution in [0, 0.1) is 5.82 Å². The largest absolute Gasteiger partial charge is 0.309 e. The highest BCUT2D eigenvalue weighted by molar-refractivity contribution is 5.95. The number of nitrogens with zero attached hydrogens (tertiary/aromatic N) is 1. The smallest absolute Gasteiger partial charge is 0.227 e. The van der Waals surface area contributed by atoms with Gasteiger partial charge in [0.15, 0.2) is 0 Å². The van der Waals surface area contributed by atoms with Crippen molar-refractivity contribution in [1.82, 2.24) is 0 Å². The predicted octanol–water partition coefficient (Wildman–Crippen LogP) is 4.46. The van der Waals surface area contributed by atoms with Crippen molar-refractivity contribution in [2.24, 2.45) is 0 Å². The summed E-state index contributed by atoms with van der Waals surface area (Å²) in [6, 6.07) is 4.99. The average Bonchev–Trinajstić information content (AvgIpc) is 2.43. The lowest BCUT2D eigenvalue weighted by Gasteiger charge is -2.35. The summed E-state index contributed by atoms with van der Waals surface area (Å²) in [7, 11) is 0. The Bertz CT molecular complexity index is 472. The summed E-state index contributed by atoms with van der Waals surface area (Å²) < 4.78 is 13.3. The van der Waals surface area contributed by atoms with E-state index in [9.17, 15) is 9.18 Å². The molecular weight excluding hydrogens is 253 g/mol. The number of aryl methyl sites for hydroxylation is 1. The van der Waals surface area contributed by atoms with Gasteiger partial charge in [0, 0.05) is 18.2 Å². The van der Waals surface area contributed by atoms with E-state index in [1.807, 2.05) is 4.90 Å². The zero-order chi connectivity index (χ0) is 14.5. The molecule has 3 heteroatoms. The van der Waals surface area contributed by atoms with Crippen LogP contribution < -0.4 is 4.90 Å². The Labute approximate surface area is 121 Å². The Morgan fingerprint density at radius 1 is 1.35 bits per heavy atom. The molecule has 1 aromatic rings. The molecule has 2 nitrogen and oxygen atoms in total. The number of carbonyl (C=O) groups excluding carboxylic acids is 1. The first-order valence-corrected chi connectivity index (χ1v) is 7.74. The Balaban J connectivity index is 2.08. The van der Waals surface area contributed by atoms with E-state index >= 15 is 0 Å². The van der Waals surface area contributed by atoms with Gasteiger partial charge in [-0.05, 0) is 49.9 Å². The van der Waals surface area contributed by atoms with Crippen molar-refractivity contribution < 1.29 is 9.18 Å². The molecule has 1 atom stereocenters. The van der Waals surface area contributed by atoms with Gasteiger partial charge in [-0.3, -0.25) is 4.79 Å². The lowest BCUT2D eigenvalue weighted by molar-refractivity contribution is -0.119. The third kappa shape index (κ3) is 3.38. The van der Waals surface area contributed by atoms with Crippen LogP contribution in [0.4, 0.5) is 10.1 Å². The molecule has 1 aliphatic rings. The van der Waals surface area contributed by atoms with E-state index < -0.39 is 0 Å². The molecule has 0 bridgehead atoms. The van der Waals surface area contributed by atoms with E-state index in [1.54, 1.807) is 12.1 Å². The normalized spacial score (nSPS) is 17.9. The molecule has 110 valence electrons. The van der Waals surface area contributed by atoms with Gasteiger partial charge < -0.3 is 4.90 Å². The fourth-order valence-corrected chi connectivity index (χ4v) is 2.92. The van der Waals surface area contributed by atoms with Crippen molar-refractivity contribution in [3.63, 3.8) is 0 Å². The van der Waals surface area contributed by atoms with Crippen LogP contribution in [0.15, 0.2) is 18.2 Å². The van der Waals surface area contributed by atoms with E-state index in [4.69, 9.17) is 0 Å². The fourth-order valence-electron chi connectivity index (χ4n) is 2.92. The summed E-state index contributed by atoms with van der Waals surface area (Å²) in [5, 5.41) is 0. The Kier molecular flexibility index (Phi) is 5.16. The number of benzene rings is 1. The van der Waals surface area contributed by atoms with E-state index in [0.717, 1.165) is 36.9 Å². The summed E-state index contributed by atoms with van der Waals surface area (Å²) in [6.45, 7) is 4.25. The molecule has 0 fully saturated rings. The van der Waals surface area contributed by atoms with Crippen LogP contribution in [-0.2, 0) is 11.2 Å². The second-order valence-corrected chi connectivity index (χ2v) is 5.74. The molecule has 0 N–H and O–H groups in total. The zero-order valence-corrected chi connectivity index (χ0v) is 12.5. The van der Waals surface area contributed by atoms with Crippen LogP contribution in [0.2, 0.25) is 0 Å².